The van der Waals surface area contributed by atoms with E-state index in [9.17, 15) is 14.7 Å². The fraction of sp³-hybridized carbons (Fsp3) is 0.833. The number of hydrogen-bond donors (Lipinski definition) is 1. The van der Waals surface area contributed by atoms with Crippen molar-refractivity contribution in [2.75, 3.05) is 6.54 Å². The molecule has 1 saturated carbocycles. The topological polar surface area (TPSA) is 66.8 Å². The second kappa shape index (κ2) is 3.89. The molecule has 0 aromatic carbocycles. The summed E-state index contributed by atoms with van der Waals surface area (Å²) in [6.45, 7) is 5.84. The van der Waals surface area contributed by atoms with Crippen LogP contribution in [0.5, 0.6) is 0 Å². The molecule has 3 atom stereocenters. The summed E-state index contributed by atoms with van der Waals surface area (Å²) in [4.78, 5) is 24.5. The van der Waals surface area contributed by atoms with Crippen molar-refractivity contribution in [3.8, 4) is 0 Å². The molecule has 0 bridgehead atoms. The summed E-state index contributed by atoms with van der Waals surface area (Å²) in [5, 5.41) is 9.20. The van der Waals surface area contributed by atoms with Gasteiger partial charge in [0, 0.05) is 6.54 Å². The summed E-state index contributed by atoms with van der Waals surface area (Å²) in [5.41, 5.74) is -0.583. The molecular formula is C12H19NO4. The van der Waals surface area contributed by atoms with E-state index < -0.39 is 23.7 Å². The summed E-state index contributed by atoms with van der Waals surface area (Å²) in [7, 11) is 0. The van der Waals surface area contributed by atoms with Gasteiger partial charge in [0.25, 0.3) is 0 Å². The Morgan fingerprint density at radius 1 is 1.35 bits per heavy atom. The molecule has 1 N–H and O–H groups in total. The quantitative estimate of drug-likeness (QED) is 0.759. The van der Waals surface area contributed by atoms with Gasteiger partial charge in [-0.25, -0.2) is 9.59 Å². The van der Waals surface area contributed by atoms with Crippen LogP contribution in [-0.2, 0) is 9.53 Å². The predicted molar refractivity (Wildman–Crippen MR) is 60.6 cm³/mol. The van der Waals surface area contributed by atoms with Crippen molar-refractivity contribution in [2.24, 2.45) is 11.8 Å². The minimum atomic E-state index is -0.914. The number of carbonyl (C=O) groups excluding carboxylic acids is 1. The minimum Gasteiger partial charge on any atom is -0.480 e. The second-order valence-corrected chi connectivity index (χ2v) is 5.91. The molecule has 0 spiro atoms. The zero-order valence-electron chi connectivity index (χ0n) is 10.5. The third kappa shape index (κ3) is 2.53. The maximum absolute atomic E-state index is 11.9. The molecule has 5 nitrogen and oxygen atoms in total. The lowest BCUT2D eigenvalue weighted by Gasteiger charge is -2.34. The van der Waals surface area contributed by atoms with Crippen molar-refractivity contribution >= 4 is 12.1 Å². The Hall–Kier alpha value is -1.26. The van der Waals surface area contributed by atoms with Crippen LogP contribution < -0.4 is 0 Å². The second-order valence-electron chi connectivity index (χ2n) is 5.91. The molecule has 0 aromatic heterocycles. The van der Waals surface area contributed by atoms with Crippen molar-refractivity contribution in [3.05, 3.63) is 0 Å². The number of fused-ring (bicyclic) bond motifs is 1. The molecule has 1 aliphatic carbocycles. The van der Waals surface area contributed by atoms with Crippen LogP contribution in [0.15, 0.2) is 0 Å². The molecule has 1 saturated heterocycles. The number of carboxylic acid groups (broad SMARTS) is 1. The Bertz CT molecular complexity index is 347. The van der Waals surface area contributed by atoms with Crippen molar-refractivity contribution in [2.45, 2.75) is 45.3 Å². The molecule has 2 aliphatic rings. The highest BCUT2D eigenvalue weighted by Crippen LogP contribution is 2.49. The number of ether oxygens (including phenoxy) is 1. The summed E-state index contributed by atoms with van der Waals surface area (Å²) < 4.78 is 5.25. The van der Waals surface area contributed by atoms with Gasteiger partial charge in [-0.05, 0) is 45.4 Å². The van der Waals surface area contributed by atoms with Crippen LogP contribution in [0.2, 0.25) is 0 Å². The van der Waals surface area contributed by atoms with E-state index >= 15 is 0 Å². The zero-order valence-corrected chi connectivity index (χ0v) is 10.5. The van der Waals surface area contributed by atoms with E-state index in [1.54, 1.807) is 20.8 Å². The number of aliphatic carboxylic acids is 1. The Balaban J connectivity index is 2.07. The lowest BCUT2D eigenvalue weighted by Crippen LogP contribution is -2.51. The van der Waals surface area contributed by atoms with Crippen molar-refractivity contribution in [3.63, 3.8) is 0 Å². The van der Waals surface area contributed by atoms with E-state index in [1.165, 1.54) is 4.90 Å². The minimum absolute atomic E-state index is 0.133. The van der Waals surface area contributed by atoms with Gasteiger partial charge in [-0.2, -0.15) is 0 Å². The van der Waals surface area contributed by atoms with Gasteiger partial charge >= 0.3 is 12.1 Å². The molecule has 1 amide bonds. The fourth-order valence-corrected chi connectivity index (χ4v) is 2.51. The normalized spacial score (nSPS) is 31.7. The van der Waals surface area contributed by atoms with E-state index in [2.05, 4.69) is 0 Å². The number of likely N-dealkylation sites (tertiary alicyclic amines) is 1. The van der Waals surface area contributed by atoms with Crippen molar-refractivity contribution in [1.82, 2.24) is 4.90 Å². The predicted octanol–water partition coefficient (Wildman–Crippen LogP) is 1.72. The van der Waals surface area contributed by atoms with Crippen molar-refractivity contribution < 1.29 is 19.4 Å². The van der Waals surface area contributed by atoms with Gasteiger partial charge in [0.1, 0.15) is 11.6 Å². The maximum Gasteiger partial charge on any atom is 0.411 e. The van der Waals surface area contributed by atoms with Gasteiger partial charge in [-0.3, -0.25) is 4.90 Å². The van der Waals surface area contributed by atoms with Gasteiger partial charge in [-0.1, -0.05) is 0 Å². The van der Waals surface area contributed by atoms with E-state index in [-0.39, 0.29) is 5.92 Å². The number of amides is 1. The van der Waals surface area contributed by atoms with Crippen LogP contribution in [0, 0.1) is 11.8 Å². The first-order valence-corrected chi connectivity index (χ1v) is 6.02. The van der Waals surface area contributed by atoms with Crippen LogP contribution in [0.4, 0.5) is 4.79 Å². The summed E-state index contributed by atoms with van der Waals surface area (Å²) in [6, 6.07) is -0.691. The molecule has 1 heterocycles. The molecule has 0 radical (unpaired) electrons. The smallest absolute Gasteiger partial charge is 0.411 e. The Morgan fingerprint density at radius 2 is 2.00 bits per heavy atom. The molecule has 1 aliphatic heterocycles. The van der Waals surface area contributed by atoms with Gasteiger partial charge < -0.3 is 9.84 Å². The molecular weight excluding hydrogens is 222 g/mol. The largest absolute Gasteiger partial charge is 0.480 e. The SMILES string of the molecule is CC(C)(C)OC(=O)N1CC[C@@H]2C[C@@H]2[C@H]1C(=O)O. The Labute approximate surface area is 101 Å². The van der Waals surface area contributed by atoms with E-state index in [1.807, 2.05) is 0 Å². The Kier molecular flexibility index (Phi) is 2.79. The lowest BCUT2D eigenvalue weighted by atomic mass is 10.0. The number of hydrogen-bond acceptors (Lipinski definition) is 3. The lowest BCUT2D eigenvalue weighted by molar-refractivity contribution is -0.145. The number of carbonyl (C=O) groups is 2. The Morgan fingerprint density at radius 3 is 2.53 bits per heavy atom. The summed E-state index contributed by atoms with van der Waals surface area (Å²) >= 11 is 0. The van der Waals surface area contributed by atoms with E-state index in [0.29, 0.717) is 12.5 Å². The number of carboxylic acids is 1. The first kappa shape index (κ1) is 12.2. The highest BCUT2D eigenvalue weighted by Gasteiger charge is 2.53. The van der Waals surface area contributed by atoms with Crippen LogP contribution in [-0.4, -0.2) is 40.3 Å². The average molecular weight is 241 g/mol. The monoisotopic (exact) mass is 241 g/mol. The molecule has 5 heteroatoms. The zero-order chi connectivity index (χ0) is 12.8. The van der Waals surface area contributed by atoms with Crippen LogP contribution >= 0.6 is 0 Å². The molecule has 0 unspecified atom stereocenters. The van der Waals surface area contributed by atoms with Crippen molar-refractivity contribution in [1.29, 1.82) is 0 Å². The number of nitrogens with zero attached hydrogens (tertiary/aromatic N) is 1. The van der Waals surface area contributed by atoms with Gasteiger partial charge in [0.05, 0.1) is 0 Å². The third-order valence-corrected chi connectivity index (χ3v) is 3.34. The van der Waals surface area contributed by atoms with Gasteiger partial charge in [-0.15, -0.1) is 0 Å². The van der Waals surface area contributed by atoms with Gasteiger partial charge in [0.15, 0.2) is 0 Å². The van der Waals surface area contributed by atoms with Crippen LogP contribution in [0.3, 0.4) is 0 Å². The number of piperidine rings is 1. The van der Waals surface area contributed by atoms with E-state index in [4.69, 9.17) is 4.74 Å². The summed E-state index contributed by atoms with van der Waals surface area (Å²) in [5.74, 6) is -0.286. The van der Waals surface area contributed by atoms with Crippen LogP contribution in [0.1, 0.15) is 33.6 Å². The van der Waals surface area contributed by atoms with Crippen LogP contribution in [0.25, 0.3) is 0 Å². The number of rotatable bonds is 1. The maximum atomic E-state index is 11.9. The highest BCUT2D eigenvalue weighted by molar-refractivity contribution is 5.81. The van der Waals surface area contributed by atoms with Gasteiger partial charge in [0.2, 0.25) is 0 Å². The molecule has 96 valence electrons. The fourth-order valence-electron chi connectivity index (χ4n) is 2.51. The summed E-state index contributed by atoms with van der Waals surface area (Å²) in [6.07, 6.45) is 1.32. The van der Waals surface area contributed by atoms with E-state index in [0.717, 1.165) is 12.8 Å². The third-order valence-electron chi connectivity index (χ3n) is 3.34. The standard InChI is InChI=1S/C12H19NO4/c1-12(2,3)17-11(16)13-5-4-7-6-8(7)9(13)10(14)15/h7-9H,4-6H2,1-3H3,(H,14,15)/t7-,8+,9+/m1/s1. The first-order valence-electron chi connectivity index (χ1n) is 6.02. The highest BCUT2D eigenvalue weighted by atomic mass is 16.6. The average Bonchev–Trinajstić information content (AvgIpc) is 2.90. The molecule has 17 heavy (non-hydrogen) atoms. The molecule has 2 fully saturated rings. The molecule has 0 aromatic rings. The first-order chi connectivity index (χ1) is 7.79. The molecule has 2 rings (SSSR count).